The van der Waals surface area contributed by atoms with Gasteiger partial charge in [0.2, 0.25) is 0 Å². The fourth-order valence-corrected chi connectivity index (χ4v) is 2.44. The average molecular weight is 373 g/mol. The standard InChI is InChI=1S/C17H10ClFN4O3/c1-2-5-26-16-8-14-11(7-15(16)23(24)25)17(21-9-20-14)22-10-3-4-13(19)12(18)6-10/h1,3-4,6-9H,5H2,(H,20,21,22). The van der Waals surface area contributed by atoms with Crippen molar-refractivity contribution in [3.63, 3.8) is 0 Å². The summed E-state index contributed by atoms with van der Waals surface area (Å²) >= 11 is 5.76. The van der Waals surface area contributed by atoms with Gasteiger partial charge in [-0.2, -0.15) is 0 Å². The van der Waals surface area contributed by atoms with Crippen molar-refractivity contribution in [1.29, 1.82) is 0 Å². The van der Waals surface area contributed by atoms with Crippen LogP contribution in [0.4, 0.5) is 21.6 Å². The normalized spacial score (nSPS) is 10.3. The van der Waals surface area contributed by atoms with E-state index < -0.39 is 10.7 Å². The summed E-state index contributed by atoms with van der Waals surface area (Å²) in [5.74, 6) is 2.00. The first kappa shape index (κ1) is 17.4. The van der Waals surface area contributed by atoms with E-state index in [0.29, 0.717) is 22.4 Å². The smallest absolute Gasteiger partial charge is 0.311 e. The molecule has 0 spiro atoms. The monoisotopic (exact) mass is 372 g/mol. The van der Waals surface area contributed by atoms with E-state index >= 15 is 0 Å². The minimum Gasteiger partial charge on any atom is -0.474 e. The summed E-state index contributed by atoms with van der Waals surface area (Å²) in [5.41, 5.74) is 0.600. The van der Waals surface area contributed by atoms with Crippen LogP contribution in [0.2, 0.25) is 5.02 Å². The van der Waals surface area contributed by atoms with Crippen molar-refractivity contribution in [3.05, 3.63) is 57.6 Å². The van der Waals surface area contributed by atoms with Crippen molar-refractivity contribution in [2.45, 2.75) is 0 Å². The first-order chi connectivity index (χ1) is 12.5. The lowest BCUT2D eigenvalue weighted by Gasteiger charge is -2.10. The number of benzene rings is 2. The van der Waals surface area contributed by atoms with E-state index in [9.17, 15) is 14.5 Å². The van der Waals surface area contributed by atoms with Crippen LogP contribution in [0.5, 0.6) is 5.75 Å². The van der Waals surface area contributed by atoms with Gasteiger partial charge in [-0.25, -0.2) is 14.4 Å². The van der Waals surface area contributed by atoms with Gasteiger partial charge in [0.1, 0.15) is 24.6 Å². The van der Waals surface area contributed by atoms with Crippen molar-refractivity contribution >= 4 is 39.7 Å². The van der Waals surface area contributed by atoms with Crippen LogP contribution < -0.4 is 10.1 Å². The predicted octanol–water partition coefficient (Wildman–Crippen LogP) is 4.09. The fourth-order valence-electron chi connectivity index (χ4n) is 2.26. The molecule has 0 aliphatic heterocycles. The zero-order chi connectivity index (χ0) is 18.7. The number of aromatic nitrogens is 2. The van der Waals surface area contributed by atoms with Crippen LogP contribution in [0, 0.1) is 28.3 Å². The van der Waals surface area contributed by atoms with Crippen molar-refractivity contribution in [2.24, 2.45) is 0 Å². The molecule has 0 saturated carbocycles. The number of nitro groups is 1. The van der Waals surface area contributed by atoms with Crippen LogP contribution in [0.1, 0.15) is 0 Å². The van der Waals surface area contributed by atoms with Gasteiger partial charge in [-0.3, -0.25) is 10.1 Å². The van der Waals surface area contributed by atoms with Crippen molar-refractivity contribution < 1.29 is 14.1 Å². The summed E-state index contributed by atoms with van der Waals surface area (Å²) in [7, 11) is 0. The Morgan fingerprint density at radius 2 is 2.15 bits per heavy atom. The zero-order valence-electron chi connectivity index (χ0n) is 13.1. The van der Waals surface area contributed by atoms with E-state index in [1.165, 1.54) is 36.7 Å². The lowest BCUT2D eigenvalue weighted by molar-refractivity contribution is -0.385. The van der Waals surface area contributed by atoms with Gasteiger partial charge in [0.05, 0.1) is 20.8 Å². The van der Waals surface area contributed by atoms with Gasteiger partial charge in [-0.05, 0) is 18.2 Å². The highest BCUT2D eigenvalue weighted by Gasteiger charge is 2.19. The number of nitrogens with zero attached hydrogens (tertiary/aromatic N) is 3. The molecule has 9 heteroatoms. The highest BCUT2D eigenvalue weighted by molar-refractivity contribution is 6.31. The number of rotatable bonds is 5. The van der Waals surface area contributed by atoms with Crippen LogP contribution in [0.15, 0.2) is 36.7 Å². The molecule has 2 aromatic carbocycles. The summed E-state index contributed by atoms with van der Waals surface area (Å²) in [6, 6.07) is 6.74. The second-order valence-corrected chi connectivity index (χ2v) is 5.47. The van der Waals surface area contributed by atoms with Crippen molar-refractivity contribution in [3.8, 4) is 18.1 Å². The van der Waals surface area contributed by atoms with Crippen LogP contribution in [0.25, 0.3) is 10.9 Å². The van der Waals surface area contributed by atoms with Gasteiger partial charge < -0.3 is 10.1 Å². The average Bonchev–Trinajstić information content (AvgIpc) is 2.62. The molecule has 0 saturated heterocycles. The minimum absolute atomic E-state index is 0.00919. The van der Waals surface area contributed by atoms with Crippen molar-refractivity contribution in [1.82, 2.24) is 9.97 Å². The molecule has 0 bridgehead atoms. The maximum absolute atomic E-state index is 13.3. The molecule has 0 atom stereocenters. The van der Waals surface area contributed by atoms with E-state index in [1.807, 2.05) is 0 Å². The number of hydrogen-bond donors (Lipinski definition) is 1. The Hall–Kier alpha value is -3.44. The number of nitrogens with one attached hydrogen (secondary N) is 1. The topological polar surface area (TPSA) is 90.2 Å². The Labute approximate surface area is 151 Å². The molecule has 0 aliphatic carbocycles. The molecule has 3 rings (SSSR count). The Balaban J connectivity index is 2.08. The van der Waals surface area contributed by atoms with Gasteiger partial charge in [0.15, 0.2) is 5.75 Å². The summed E-state index contributed by atoms with van der Waals surface area (Å²) in [5, 5.41) is 14.6. The van der Waals surface area contributed by atoms with Gasteiger partial charge in [0, 0.05) is 17.8 Å². The van der Waals surface area contributed by atoms with Crippen molar-refractivity contribution in [2.75, 3.05) is 11.9 Å². The highest BCUT2D eigenvalue weighted by Crippen LogP contribution is 2.34. The van der Waals surface area contributed by atoms with Crippen LogP contribution >= 0.6 is 11.6 Å². The number of fused-ring (bicyclic) bond motifs is 1. The molecular formula is C17H10ClFN4O3. The fraction of sp³-hybridized carbons (Fsp3) is 0.0588. The SMILES string of the molecule is C#CCOc1cc2ncnc(Nc3ccc(F)c(Cl)c3)c2cc1[N+](=O)[O-]. The second kappa shape index (κ2) is 7.21. The maximum atomic E-state index is 13.3. The zero-order valence-corrected chi connectivity index (χ0v) is 13.8. The first-order valence-electron chi connectivity index (χ1n) is 7.21. The Bertz CT molecular complexity index is 1050. The minimum atomic E-state index is -0.586. The molecule has 130 valence electrons. The molecule has 0 unspecified atom stereocenters. The third kappa shape index (κ3) is 3.48. The van der Waals surface area contributed by atoms with E-state index in [2.05, 4.69) is 21.2 Å². The number of ether oxygens (including phenoxy) is 1. The summed E-state index contributed by atoms with van der Waals surface area (Å²) in [6.45, 7) is -0.114. The number of anilines is 2. The van der Waals surface area contributed by atoms with Gasteiger partial charge in [-0.15, -0.1) is 6.42 Å². The molecule has 7 nitrogen and oxygen atoms in total. The predicted molar refractivity (Wildman–Crippen MR) is 95.2 cm³/mol. The van der Waals surface area contributed by atoms with E-state index in [-0.39, 0.29) is 23.1 Å². The molecule has 0 radical (unpaired) electrons. The Morgan fingerprint density at radius 3 is 2.85 bits per heavy atom. The lowest BCUT2D eigenvalue weighted by atomic mass is 10.2. The molecule has 1 N–H and O–H groups in total. The van der Waals surface area contributed by atoms with E-state index in [1.54, 1.807) is 0 Å². The van der Waals surface area contributed by atoms with Crippen LogP contribution in [-0.4, -0.2) is 21.5 Å². The second-order valence-electron chi connectivity index (χ2n) is 5.06. The lowest BCUT2D eigenvalue weighted by Crippen LogP contribution is -2.01. The molecule has 0 aliphatic rings. The summed E-state index contributed by atoms with van der Waals surface area (Å²) in [4.78, 5) is 18.9. The summed E-state index contributed by atoms with van der Waals surface area (Å²) in [6.07, 6.45) is 6.41. The molecule has 0 amide bonds. The molecule has 3 aromatic rings. The van der Waals surface area contributed by atoms with Gasteiger partial charge in [-0.1, -0.05) is 17.5 Å². The number of nitro benzene ring substituents is 1. The molecule has 0 fully saturated rings. The number of terminal acetylenes is 1. The molecular weight excluding hydrogens is 363 g/mol. The van der Waals surface area contributed by atoms with Crippen LogP contribution in [-0.2, 0) is 0 Å². The number of halogens is 2. The Kier molecular flexibility index (Phi) is 4.82. The van der Waals surface area contributed by atoms with E-state index in [4.69, 9.17) is 22.8 Å². The third-order valence-electron chi connectivity index (χ3n) is 3.41. The largest absolute Gasteiger partial charge is 0.474 e. The molecule has 26 heavy (non-hydrogen) atoms. The third-order valence-corrected chi connectivity index (χ3v) is 3.70. The molecule has 1 aromatic heterocycles. The first-order valence-corrected chi connectivity index (χ1v) is 7.59. The van der Waals surface area contributed by atoms with Gasteiger partial charge in [0.25, 0.3) is 0 Å². The van der Waals surface area contributed by atoms with Gasteiger partial charge >= 0.3 is 5.69 Å². The quantitative estimate of drug-likeness (QED) is 0.412. The number of hydrogen-bond acceptors (Lipinski definition) is 6. The Morgan fingerprint density at radius 1 is 1.35 bits per heavy atom. The van der Waals surface area contributed by atoms with Crippen LogP contribution in [0.3, 0.4) is 0 Å². The summed E-state index contributed by atoms with van der Waals surface area (Å²) < 4.78 is 18.5. The molecule has 1 heterocycles. The van der Waals surface area contributed by atoms with E-state index in [0.717, 1.165) is 0 Å². The highest BCUT2D eigenvalue weighted by atomic mass is 35.5. The maximum Gasteiger partial charge on any atom is 0.311 e.